The molecule has 0 aliphatic carbocycles. The van der Waals surface area contributed by atoms with Crippen LogP contribution in [0.4, 0.5) is 0 Å². The van der Waals surface area contributed by atoms with Crippen molar-refractivity contribution in [1.82, 2.24) is 20.9 Å². The van der Waals surface area contributed by atoms with Crippen LogP contribution in [0.2, 0.25) is 0 Å². The van der Waals surface area contributed by atoms with Crippen LogP contribution in [0.3, 0.4) is 0 Å². The number of nitrogens with zero attached hydrogens (tertiary/aromatic N) is 2. The van der Waals surface area contributed by atoms with Crippen molar-refractivity contribution in [3.8, 4) is 0 Å². The summed E-state index contributed by atoms with van der Waals surface area (Å²) in [5.74, 6) is 0.744. The molecule has 0 aliphatic heterocycles. The Hall–Kier alpha value is -2.08. The van der Waals surface area contributed by atoms with Crippen LogP contribution in [-0.2, 0) is 0 Å². The summed E-state index contributed by atoms with van der Waals surface area (Å²) in [6.45, 7) is 14.8. The third kappa shape index (κ3) is 9.43. The molecule has 0 aliphatic rings. The molecule has 0 saturated heterocycles. The van der Waals surface area contributed by atoms with Crippen molar-refractivity contribution in [3.05, 3.63) is 35.9 Å². The second-order valence-electron chi connectivity index (χ2n) is 7.09. The zero-order valence-corrected chi connectivity index (χ0v) is 17.6. The Kier molecular flexibility index (Phi) is 11.2. The number of aliphatic imine (C=N–C) groups is 1. The number of rotatable bonds is 11. The normalized spacial score (nSPS) is 11.9. The smallest absolute Gasteiger partial charge is 0.251 e. The van der Waals surface area contributed by atoms with Gasteiger partial charge in [0.05, 0.1) is 0 Å². The molecule has 1 rings (SSSR count). The quantitative estimate of drug-likeness (QED) is 0.316. The van der Waals surface area contributed by atoms with Crippen LogP contribution in [0.5, 0.6) is 0 Å². The molecule has 0 aromatic heterocycles. The summed E-state index contributed by atoms with van der Waals surface area (Å²) in [4.78, 5) is 19.1. The molecule has 0 spiro atoms. The first kappa shape index (κ1) is 23.0. The molecular formula is C21H37N5O. The van der Waals surface area contributed by atoms with Gasteiger partial charge in [0.1, 0.15) is 0 Å². The molecular weight excluding hydrogens is 338 g/mol. The minimum Gasteiger partial charge on any atom is -0.357 e. The highest BCUT2D eigenvalue weighted by atomic mass is 16.1. The van der Waals surface area contributed by atoms with E-state index < -0.39 is 0 Å². The van der Waals surface area contributed by atoms with Crippen LogP contribution in [-0.4, -0.2) is 61.6 Å². The van der Waals surface area contributed by atoms with Gasteiger partial charge in [0, 0.05) is 50.4 Å². The van der Waals surface area contributed by atoms with Gasteiger partial charge in [-0.15, -0.1) is 0 Å². The van der Waals surface area contributed by atoms with E-state index in [1.54, 1.807) is 0 Å². The molecule has 27 heavy (non-hydrogen) atoms. The minimum atomic E-state index is -0.0539. The van der Waals surface area contributed by atoms with E-state index in [1.807, 2.05) is 37.3 Å². The van der Waals surface area contributed by atoms with E-state index in [9.17, 15) is 4.79 Å². The molecule has 0 saturated carbocycles. The highest BCUT2D eigenvalue weighted by Crippen LogP contribution is 2.05. The van der Waals surface area contributed by atoms with Crippen molar-refractivity contribution >= 4 is 11.9 Å². The topological polar surface area (TPSA) is 68.8 Å². The first-order valence-electron chi connectivity index (χ1n) is 10.1. The van der Waals surface area contributed by atoms with Crippen molar-refractivity contribution in [2.45, 2.75) is 53.1 Å². The van der Waals surface area contributed by atoms with Gasteiger partial charge < -0.3 is 16.0 Å². The van der Waals surface area contributed by atoms with Crippen LogP contribution in [0, 0.1) is 0 Å². The number of guanidine groups is 1. The van der Waals surface area contributed by atoms with Gasteiger partial charge in [-0.05, 0) is 53.2 Å². The van der Waals surface area contributed by atoms with Gasteiger partial charge in [0.25, 0.3) is 5.91 Å². The minimum absolute atomic E-state index is 0.0539. The summed E-state index contributed by atoms with van der Waals surface area (Å²) in [6.07, 6.45) is 1.03. The molecule has 0 fully saturated rings. The SMILES string of the molecule is CCNC(=NCCCN(C(C)C)C(C)C)NCCNC(=O)c1ccccc1. The van der Waals surface area contributed by atoms with Crippen molar-refractivity contribution < 1.29 is 4.79 Å². The van der Waals surface area contributed by atoms with Crippen LogP contribution >= 0.6 is 0 Å². The largest absolute Gasteiger partial charge is 0.357 e. The Morgan fingerprint density at radius 2 is 1.63 bits per heavy atom. The zero-order valence-electron chi connectivity index (χ0n) is 17.6. The lowest BCUT2D eigenvalue weighted by atomic mass is 10.2. The molecule has 6 nitrogen and oxygen atoms in total. The fourth-order valence-electron chi connectivity index (χ4n) is 2.95. The predicted octanol–water partition coefficient (Wildman–Crippen LogP) is 2.48. The third-order valence-electron chi connectivity index (χ3n) is 4.25. The fourth-order valence-corrected chi connectivity index (χ4v) is 2.95. The standard InChI is InChI=1S/C21H37N5O/c1-6-22-21(24-13-10-16-26(17(2)3)18(4)5)25-15-14-23-20(27)19-11-8-7-9-12-19/h7-9,11-12,17-18H,6,10,13-16H2,1-5H3,(H,23,27)(H2,22,24,25). The summed E-state index contributed by atoms with van der Waals surface area (Å²) >= 11 is 0. The summed E-state index contributed by atoms with van der Waals surface area (Å²) in [5.41, 5.74) is 0.679. The van der Waals surface area contributed by atoms with Crippen molar-refractivity contribution in [1.29, 1.82) is 0 Å². The molecule has 6 heteroatoms. The number of amides is 1. The number of carbonyl (C=O) groups excluding carboxylic acids is 1. The lowest BCUT2D eigenvalue weighted by molar-refractivity contribution is 0.0954. The Balaban J connectivity index is 2.33. The van der Waals surface area contributed by atoms with E-state index in [-0.39, 0.29) is 5.91 Å². The summed E-state index contributed by atoms with van der Waals surface area (Å²) in [6, 6.07) is 10.4. The van der Waals surface area contributed by atoms with Crippen molar-refractivity contribution in [3.63, 3.8) is 0 Å². The molecule has 0 unspecified atom stereocenters. The Morgan fingerprint density at radius 3 is 2.22 bits per heavy atom. The van der Waals surface area contributed by atoms with Gasteiger partial charge in [-0.25, -0.2) is 0 Å². The lowest BCUT2D eigenvalue weighted by Gasteiger charge is -2.30. The predicted molar refractivity (Wildman–Crippen MR) is 114 cm³/mol. The molecule has 1 aromatic rings. The summed E-state index contributed by atoms with van der Waals surface area (Å²) < 4.78 is 0. The number of carbonyl (C=O) groups is 1. The molecule has 152 valence electrons. The van der Waals surface area contributed by atoms with Gasteiger partial charge in [-0.1, -0.05) is 18.2 Å². The second-order valence-corrected chi connectivity index (χ2v) is 7.09. The van der Waals surface area contributed by atoms with E-state index in [1.165, 1.54) is 0 Å². The monoisotopic (exact) mass is 375 g/mol. The maximum absolute atomic E-state index is 12.0. The average Bonchev–Trinajstić information content (AvgIpc) is 2.64. The van der Waals surface area contributed by atoms with Gasteiger partial charge in [-0.2, -0.15) is 0 Å². The second kappa shape index (κ2) is 13.1. The van der Waals surface area contributed by atoms with Gasteiger partial charge in [0.2, 0.25) is 0 Å². The summed E-state index contributed by atoms with van der Waals surface area (Å²) in [5, 5.41) is 9.43. The van der Waals surface area contributed by atoms with E-state index in [2.05, 4.69) is 53.5 Å². The Labute approximate surface area is 164 Å². The van der Waals surface area contributed by atoms with Gasteiger partial charge >= 0.3 is 0 Å². The molecule has 1 amide bonds. The van der Waals surface area contributed by atoms with Crippen LogP contribution < -0.4 is 16.0 Å². The molecule has 0 heterocycles. The third-order valence-corrected chi connectivity index (χ3v) is 4.25. The van der Waals surface area contributed by atoms with E-state index in [0.717, 1.165) is 32.0 Å². The maximum Gasteiger partial charge on any atom is 0.251 e. The van der Waals surface area contributed by atoms with E-state index in [0.29, 0.717) is 30.7 Å². The average molecular weight is 376 g/mol. The van der Waals surface area contributed by atoms with Gasteiger partial charge in [-0.3, -0.25) is 14.7 Å². The van der Waals surface area contributed by atoms with Crippen LogP contribution in [0.15, 0.2) is 35.3 Å². The first-order chi connectivity index (χ1) is 13.0. The lowest BCUT2D eigenvalue weighted by Crippen LogP contribution is -2.42. The number of nitrogens with one attached hydrogen (secondary N) is 3. The Morgan fingerprint density at radius 1 is 1.00 bits per heavy atom. The molecule has 1 aromatic carbocycles. The number of hydrogen-bond donors (Lipinski definition) is 3. The van der Waals surface area contributed by atoms with Crippen LogP contribution in [0.1, 0.15) is 51.4 Å². The first-order valence-corrected chi connectivity index (χ1v) is 10.1. The maximum atomic E-state index is 12.0. The zero-order chi connectivity index (χ0) is 20.1. The fraction of sp³-hybridized carbons (Fsp3) is 0.619. The number of benzene rings is 1. The molecule has 3 N–H and O–H groups in total. The number of hydrogen-bond acceptors (Lipinski definition) is 3. The highest BCUT2D eigenvalue weighted by molar-refractivity contribution is 5.94. The molecule has 0 radical (unpaired) electrons. The van der Waals surface area contributed by atoms with Crippen molar-refractivity contribution in [2.24, 2.45) is 4.99 Å². The van der Waals surface area contributed by atoms with Gasteiger partial charge in [0.15, 0.2) is 5.96 Å². The van der Waals surface area contributed by atoms with E-state index in [4.69, 9.17) is 0 Å². The van der Waals surface area contributed by atoms with Crippen LogP contribution in [0.25, 0.3) is 0 Å². The molecule has 0 bridgehead atoms. The summed E-state index contributed by atoms with van der Waals surface area (Å²) in [7, 11) is 0. The highest BCUT2D eigenvalue weighted by Gasteiger charge is 2.12. The molecule has 0 atom stereocenters. The van der Waals surface area contributed by atoms with E-state index >= 15 is 0 Å². The van der Waals surface area contributed by atoms with Crippen molar-refractivity contribution in [2.75, 3.05) is 32.7 Å². The Bertz CT molecular complexity index is 549.